The highest BCUT2D eigenvalue weighted by molar-refractivity contribution is 7.71. The van der Waals surface area contributed by atoms with Crippen LogP contribution >= 0.6 is 34.9 Å². The van der Waals surface area contributed by atoms with Crippen molar-refractivity contribution >= 4 is 45.9 Å². The maximum atomic E-state index is 12.5. The molecular formula is C17H14N6OS3. The van der Waals surface area contributed by atoms with E-state index in [0.29, 0.717) is 15.7 Å². The standard InChI is InChI=1S/C17H14N6OS3/c1-10-3-2-4-11(7-10)14-19-22-17(25)23(14)8-13(24)18-16-21-20-15(27-16)12-5-6-26-9-12/h2-7,9H,8H2,1H3,(H,22,25)(H,18,21,24). The van der Waals surface area contributed by atoms with E-state index in [2.05, 4.69) is 25.7 Å². The number of H-pyrrole nitrogens is 1. The molecule has 0 aliphatic carbocycles. The summed E-state index contributed by atoms with van der Waals surface area (Å²) in [6.07, 6.45) is 0. The van der Waals surface area contributed by atoms with Gasteiger partial charge in [-0.15, -0.1) is 10.2 Å². The predicted octanol–water partition coefficient (Wildman–Crippen LogP) is 4.13. The first-order valence-corrected chi connectivity index (χ1v) is 10.1. The fourth-order valence-corrected chi connectivity index (χ4v) is 4.22. The molecule has 4 aromatic rings. The fraction of sp³-hybridized carbons (Fsp3) is 0.118. The maximum absolute atomic E-state index is 12.5. The van der Waals surface area contributed by atoms with Gasteiger partial charge in [-0.3, -0.25) is 19.8 Å². The Morgan fingerprint density at radius 3 is 2.96 bits per heavy atom. The Labute approximate surface area is 167 Å². The van der Waals surface area contributed by atoms with Crippen molar-refractivity contribution in [2.24, 2.45) is 0 Å². The third kappa shape index (κ3) is 3.87. The van der Waals surface area contributed by atoms with Gasteiger partial charge in [0.15, 0.2) is 10.6 Å². The normalized spacial score (nSPS) is 10.9. The zero-order valence-electron chi connectivity index (χ0n) is 14.2. The molecule has 0 aliphatic heterocycles. The lowest BCUT2D eigenvalue weighted by Crippen LogP contribution is -2.19. The average molecular weight is 415 g/mol. The van der Waals surface area contributed by atoms with Crippen LogP contribution in [0.2, 0.25) is 0 Å². The van der Waals surface area contributed by atoms with Crippen molar-refractivity contribution in [1.29, 1.82) is 0 Å². The lowest BCUT2D eigenvalue weighted by atomic mass is 10.1. The predicted molar refractivity (Wildman–Crippen MR) is 109 cm³/mol. The number of hydrogen-bond donors (Lipinski definition) is 2. The summed E-state index contributed by atoms with van der Waals surface area (Å²) in [5.74, 6) is 0.379. The SMILES string of the molecule is Cc1cccc(-c2n[nH]c(=S)n2CC(=O)Nc2nnc(-c3ccsc3)s2)c1. The quantitative estimate of drug-likeness (QED) is 0.479. The number of aromatic amines is 1. The topological polar surface area (TPSA) is 88.5 Å². The highest BCUT2D eigenvalue weighted by atomic mass is 32.1. The minimum atomic E-state index is -0.241. The van der Waals surface area contributed by atoms with Gasteiger partial charge in [0, 0.05) is 16.5 Å². The average Bonchev–Trinajstić information content (AvgIpc) is 3.37. The second-order valence-electron chi connectivity index (χ2n) is 5.78. The number of hydrogen-bond acceptors (Lipinski definition) is 7. The van der Waals surface area contributed by atoms with E-state index in [1.165, 1.54) is 11.3 Å². The van der Waals surface area contributed by atoms with Crippen LogP contribution in [0, 0.1) is 11.7 Å². The van der Waals surface area contributed by atoms with Crippen LogP contribution in [-0.4, -0.2) is 30.9 Å². The van der Waals surface area contributed by atoms with Gasteiger partial charge in [-0.05, 0) is 36.7 Å². The van der Waals surface area contributed by atoms with E-state index in [0.717, 1.165) is 21.7 Å². The molecule has 0 radical (unpaired) electrons. The zero-order valence-corrected chi connectivity index (χ0v) is 16.6. The molecule has 0 bridgehead atoms. The number of aryl methyl sites for hydroxylation is 1. The van der Waals surface area contributed by atoms with Crippen molar-refractivity contribution in [2.45, 2.75) is 13.5 Å². The molecule has 27 heavy (non-hydrogen) atoms. The molecule has 4 rings (SSSR count). The minimum Gasteiger partial charge on any atom is -0.299 e. The molecule has 2 N–H and O–H groups in total. The summed E-state index contributed by atoms with van der Waals surface area (Å²) in [5.41, 5.74) is 3.00. The van der Waals surface area contributed by atoms with Crippen LogP contribution in [-0.2, 0) is 11.3 Å². The first kappa shape index (κ1) is 17.7. The van der Waals surface area contributed by atoms with E-state index < -0.39 is 0 Å². The van der Waals surface area contributed by atoms with Crippen molar-refractivity contribution in [3.8, 4) is 22.0 Å². The molecule has 0 aliphatic rings. The first-order valence-electron chi connectivity index (χ1n) is 7.98. The molecule has 0 atom stereocenters. The molecule has 1 aromatic carbocycles. The van der Waals surface area contributed by atoms with Gasteiger partial charge in [0.1, 0.15) is 11.6 Å². The summed E-state index contributed by atoms with van der Waals surface area (Å²) in [6.45, 7) is 2.04. The molecule has 10 heteroatoms. The van der Waals surface area contributed by atoms with Crippen molar-refractivity contribution < 1.29 is 4.79 Å². The Morgan fingerprint density at radius 2 is 2.19 bits per heavy atom. The summed E-state index contributed by atoms with van der Waals surface area (Å²) in [5, 5.41) is 23.1. The number of benzene rings is 1. The highest BCUT2D eigenvalue weighted by Crippen LogP contribution is 2.28. The molecular weight excluding hydrogens is 400 g/mol. The van der Waals surface area contributed by atoms with E-state index in [1.807, 2.05) is 48.0 Å². The van der Waals surface area contributed by atoms with Crippen LogP contribution in [0.4, 0.5) is 5.13 Å². The Kier molecular flexibility index (Phi) is 4.92. The minimum absolute atomic E-state index is 0.0337. The number of nitrogens with one attached hydrogen (secondary N) is 2. The van der Waals surface area contributed by atoms with E-state index in [-0.39, 0.29) is 12.5 Å². The van der Waals surface area contributed by atoms with Crippen LogP contribution in [0.15, 0.2) is 41.1 Å². The molecule has 0 saturated heterocycles. The van der Waals surface area contributed by atoms with Gasteiger partial charge in [-0.25, -0.2) is 0 Å². The second-order valence-corrected chi connectivity index (χ2v) is 7.92. The number of nitrogens with zero attached hydrogens (tertiary/aromatic N) is 4. The number of aromatic nitrogens is 5. The van der Waals surface area contributed by atoms with Gasteiger partial charge < -0.3 is 0 Å². The first-order chi connectivity index (χ1) is 13.1. The lowest BCUT2D eigenvalue weighted by molar-refractivity contribution is -0.116. The maximum Gasteiger partial charge on any atom is 0.246 e. The summed E-state index contributed by atoms with van der Waals surface area (Å²) < 4.78 is 2.05. The van der Waals surface area contributed by atoms with Crippen molar-refractivity contribution in [1.82, 2.24) is 25.0 Å². The molecule has 3 heterocycles. The fourth-order valence-electron chi connectivity index (χ4n) is 2.55. The largest absolute Gasteiger partial charge is 0.299 e. The summed E-state index contributed by atoms with van der Waals surface area (Å²) >= 11 is 8.21. The van der Waals surface area contributed by atoms with Gasteiger partial charge in [0.05, 0.1) is 0 Å². The summed E-state index contributed by atoms with van der Waals surface area (Å²) in [6, 6.07) is 9.85. The van der Waals surface area contributed by atoms with Gasteiger partial charge in [-0.1, -0.05) is 35.1 Å². The zero-order chi connectivity index (χ0) is 18.8. The van der Waals surface area contributed by atoms with Gasteiger partial charge in [-0.2, -0.15) is 16.4 Å². The van der Waals surface area contributed by atoms with Crippen LogP contribution in [0.25, 0.3) is 22.0 Å². The smallest absolute Gasteiger partial charge is 0.246 e. The number of amides is 1. The third-order valence-corrected chi connectivity index (χ3v) is 5.66. The Morgan fingerprint density at radius 1 is 1.30 bits per heavy atom. The second kappa shape index (κ2) is 7.51. The molecule has 0 spiro atoms. The van der Waals surface area contributed by atoms with Crippen molar-refractivity contribution in [3.63, 3.8) is 0 Å². The van der Waals surface area contributed by atoms with E-state index in [4.69, 9.17) is 12.2 Å². The van der Waals surface area contributed by atoms with E-state index >= 15 is 0 Å². The van der Waals surface area contributed by atoms with Crippen LogP contribution in [0.1, 0.15) is 5.56 Å². The molecule has 0 fully saturated rings. The number of carbonyl (C=O) groups is 1. The lowest BCUT2D eigenvalue weighted by Gasteiger charge is -2.07. The van der Waals surface area contributed by atoms with Gasteiger partial charge in [0.25, 0.3) is 0 Å². The van der Waals surface area contributed by atoms with Crippen LogP contribution in [0.5, 0.6) is 0 Å². The van der Waals surface area contributed by atoms with Crippen molar-refractivity contribution in [2.75, 3.05) is 5.32 Å². The molecule has 7 nitrogen and oxygen atoms in total. The number of anilines is 1. The van der Waals surface area contributed by atoms with E-state index in [1.54, 1.807) is 15.9 Å². The summed E-state index contributed by atoms with van der Waals surface area (Å²) in [7, 11) is 0. The summed E-state index contributed by atoms with van der Waals surface area (Å²) in [4.78, 5) is 12.5. The number of rotatable bonds is 5. The number of carbonyl (C=O) groups excluding carboxylic acids is 1. The monoisotopic (exact) mass is 414 g/mol. The van der Waals surface area contributed by atoms with Crippen LogP contribution < -0.4 is 5.32 Å². The molecule has 136 valence electrons. The highest BCUT2D eigenvalue weighted by Gasteiger charge is 2.15. The van der Waals surface area contributed by atoms with E-state index in [9.17, 15) is 4.79 Å². The Bertz CT molecular complexity index is 1140. The molecule has 0 unspecified atom stereocenters. The van der Waals surface area contributed by atoms with Crippen LogP contribution in [0.3, 0.4) is 0 Å². The Balaban J connectivity index is 1.52. The van der Waals surface area contributed by atoms with Gasteiger partial charge in [0.2, 0.25) is 11.0 Å². The number of thiophene rings is 1. The third-order valence-electron chi connectivity index (χ3n) is 3.78. The molecule has 1 amide bonds. The van der Waals surface area contributed by atoms with Gasteiger partial charge >= 0.3 is 0 Å². The van der Waals surface area contributed by atoms with Crippen molar-refractivity contribution in [3.05, 3.63) is 51.4 Å². The molecule has 3 aromatic heterocycles. The molecule has 0 saturated carbocycles. The Hall–Kier alpha value is -2.69.